The fourth-order valence-electron chi connectivity index (χ4n) is 2.22. The summed E-state index contributed by atoms with van der Waals surface area (Å²) in [5.41, 5.74) is 2.88. The van der Waals surface area contributed by atoms with Crippen LogP contribution < -0.4 is 24.0 Å². The first-order chi connectivity index (χ1) is 10.7. The number of aromatic nitrogens is 6. The summed E-state index contributed by atoms with van der Waals surface area (Å²) in [6, 6.07) is 7.34. The van der Waals surface area contributed by atoms with Crippen LogP contribution >= 0.6 is 0 Å². The predicted molar refractivity (Wildman–Crippen MR) is 68.4 cm³/mol. The molecular formula is C12H6LiN7O3. The Morgan fingerprint density at radius 1 is 1.26 bits per heavy atom. The van der Waals surface area contributed by atoms with E-state index in [0.29, 0.717) is 17.1 Å². The Labute approximate surface area is 140 Å². The van der Waals surface area contributed by atoms with Gasteiger partial charge in [-0.3, -0.25) is 0 Å². The zero-order chi connectivity index (χ0) is 15.1. The number of carboxylic acids is 1. The molecular weight excluding hydrogens is 297 g/mol. The van der Waals surface area contributed by atoms with Crippen molar-refractivity contribution < 1.29 is 33.6 Å². The van der Waals surface area contributed by atoms with Gasteiger partial charge in [0.05, 0.1) is 5.97 Å². The summed E-state index contributed by atoms with van der Waals surface area (Å²) in [4.78, 5) is 19.6. The minimum Gasteiger partial charge on any atom is -0.546 e. The maximum Gasteiger partial charge on any atom is 1.00 e. The van der Waals surface area contributed by atoms with Crippen molar-refractivity contribution in [2.75, 3.05) is 6.61 Å². The normalized spacial score (nSPS) is 13.5. The molecule has 11 heteroatoms. The van der Waals surface area contributed by atoms with E-state index < -0.39 is 12.6 Å². The van der Waals surface area contributed by atoms with Gasteiger partial charge in [0.15, 0.2) is 6.61 Å². The molecule has 1 aliphatic rings. The molecule has 0 unspecified atom stereocenters. The van der Waals surface area contributed by atoms with E-state index in [4.69, 9.17) is 4.84 Å². The van der Waals surface area contributed by atoms with E-state index in [0.717, 1.165) is 11.1 Å². The molecule has 0 fully saturated rings. The summed E-state index contributed by atoms with van der Waals surface area (Å²) in [5, 5.41) is 29.5. The topological polar surface area (TPSA) is 131 Å². The van der Waals surface area contributed by atoms with Crippen molar-refractivity contribution in [2.45, 2.75) is 0 Å². The third-order valence-corrected chi connectivity index (χ3v) is 3.07. The number of oxime groups is 1. The Morgan fingerprint density at radius 2 is 2.04 bits per heavy atom. The summed E-state index contributed by atoms with van der Waals surface area (Å²) in [6.07, 6.45) is 0. The Balaban J connectivity index is 0.00000156. The Kier molecular flexibility index (Phi) is 3.77. The van der Waals surface area contributed by atoms with Gasteiger partial charge in [-0.05, 0) is 10.4 Å². The number of carbonyl (C=O) groups excluding carboxylic acids is 1. The third-order valence-electron chi connectivity index (χ3n) is 3.07. The summed E-state index contributed by atoms with van der Waals surface area (Å²) < 4.78 is 1.17. The van der Waals surface area contributed by atoms with Gasteiger partial charge in [0.2, 0.25) is 0 Å². The number of benzene rings is 1. The molecule has 1 aliphatic carbocycles. The van der Waals surface area contributed by atoms with Crippen LogP contribution in [0.5, 0.6) is 0 Å². The van der Waals surface area contributed by atoms with Crippen molar-refractivity contribution in [1.29, 1.82) is 0 Å². The summed E-state index contributed by atoms with van der Waals surface area (Å²) in [7, 11) is 0. The molecule has 108 valence electrons. The number of nitrogens with zero attached hydrogens (tertiary/aromatic N) is 7. The van der Waals surface area contributed by atoms with E-state index in [1.54, 1.807) is 0 Å². The molecule has 0 saturated carbocycles. The smallest absolute Gasteiger partial charge is 0.546 e. The molecule has 0 radical (unpaired) electrons. The third kappa shape index (κ3) is 2.43. The molecule has 0 amide bonds. The number of rotatable bonds is 3. The maximum atomic E-state index is 10.4. The maximum absolute atomic E-state index is 10.4. The van der Waals surface area contributed by atoms with Crippen LogP contribution in [-0.4, -0.2) is 48.5 Å². The second kappa shape index (κ2) is 5.75. The van der Waals surface area contributed by atoms with Crippen molar-refractivity contribution >= 4 is 17.5 Å². The Morgan fingerprint density at radius 3 is 2.83 bits per heavy atom. The monoisotopic (exact) mass is 303 g/mol. The van der Waals surface area contributed by atoms with Gasteiger partial charge in [0, 0.05) is 11.1 Å². The molecule has 0 bridgehead atoms. The van der Waals surface area contributed by atoms with Crippen LogP contribution in [0.2, 0.25) is 0 Å². The molecule has 10 nitrogen and oxygen atoms in total. The average molecular weight is 303 g/mol. The fourth-order valence-corrected chi connectivity index (χ4v) is 2.22. The van der Waals surface area contributed by atoms with Crippen LogP contribution in [0.25, 0.3) is 17.0 Å². The van der Waals surface area contributed by atoms with E-state index in [1.165, 1.54) is 4.63 Å². The van der Waals surface area contributed by atoms with Gasteiger partial charge >= 0.3 is 18.9 Å². The largest absolute Gasteiger partial charge is 1.00 e. The standard InChI is InChI=1S/C12H7N7O3.Li/c20-8(21)5-22-16-10-7-4-2-1-3-6(7)9-11(10)15-19-12(13-9)14-17-18-19;/h1-4H,5H2,(H,20,21);/q;+1/p-1. The minimum absolute atomic E-state index is 0. The summed E-state index contributed by atoms with van der Waals surface area (Å²) in [5.74, 6) is -1.11. The zero-order valence-corrected chi connectivity index (χ0v) is 11.9. The van der Waals surface area contributed by atoms with Crippen molar-refractivity contribution in [1.82, 2.24) is 30.2 Å². The van der Waals surface area contributed by atoms with Crippen LogP contribution in [-0.2, 0) is 9.63 Å². The molecule has 0 saturated heterocycles. The number of fused-ring (bicyclic) bond motifs is 4. The van der Waals surface area contributed by atoms with Crippen LogP contribution in [0.4, 0.5) is 0 Å². The molecule has 0 atom stereocenters. The van der Waals surface area contributed by atoms with E-state index in [-0.39, 0.29) is 24.6 Å². The van der Waals surface area contributed by atoms with Crippen molar-refractivity contribution in [3.63, 3.8) is 0 Å². The van der Waals surface area contributed by atoms with Gasteiger partial charge < -0.3 is 14.7 Å². The molecule has 4 rings (SSSR count). The number of hydrogen-bond donors (Lipinski definition) is 0. The average Bonchev–Trinajstić information content (AvgIpc) is 3.08. The first kappa shape index (κ1) is 15.1. The molecule has 23 heavy (non-hydrogen) atoms. The Bertz CT molecular complexity index is 939. The predicted octanol–water partition coefficient (Wildman–Crippen LogP) is -4.58. The number of tetrazole rings is 1. The first-order valence-corrected chi connectivity index (χ1v) is 6.20. The molecule has 0 aliphatic heterocycles. The fraction of sp³-hybridized carbons (Fsp3) is 0.0833. The second-order valence-electron chi connectivity index (χ2n) is 4.41. The quantitative estimate of drug-likeness (QED) is 0.273. The number of carbonyl (C=O) groups is 1. The molecule has 3 aromatic rings. The summed E-state index contributed by atoms with van der Waals surface area (Å²) >= 11 is 0. The van der Waals surface area contributed by atoms with Crippen LogP contribution in [0.15, 0.2) is 29.4 Å². The number of aliphatic carboxylic acids is 1. The van der Waals surface area contributed by atoms with Crippen LogP contribution in [0, 0.1) is 0 Å². The molecule has 0 spiro atoms. The van der Waals surface area contributed by atoms with Gasteiger partial charge in [-0.15, -0.1) is 5.10 Å². The molecule has 2 heterocycles. The van der Waals surface area contributed by atoms with E-state index in [1.807, 2.05) is 24.3 Å². The molecule has 0 N–H and O–H groups in total. The molecule has 2 aromatic heterocycles. The van der Waals surface area contributed by atoms with Gasteiger partial charge in [-0.25, -0.2) is 4.98 Å². The van der Waals surface area contributed by atoms with Gasteiger partial charge in [0.25, 0.3) is 5.78 Å². The molecule has 1 aromatic carbocycles. The van der Waals surface area contributed by atoms with Crippen molar-refractivity contribution in [3.8, 4) is 11.3 Å². The Hall–Kier alpha value is -2.83. The minimum atomic E-state index is -1.36. The zero-order valence-electron chi connectivity index (χ0n) is 11.9. The van der Waals surface area contributed by atoms with Crippen LogP contribution in [0.1, 0.15) is 11.3 Å². The number of hydrogen-bond acceptors (Lipinski definition) is 9. The SMILES string of the molecule is O=C([O-])CON=C1c2ccccc2-c2nc3nnnn3nc21.[Li+]. The van der Waals surface area contributed by atoms with Crippen LogP contribution in [0.3, 0.4) is 0 Å². The van der Waals surface area contributed by atoms with Gasteiger partial charge in [-0.1, -0.05) is 39.1 Å². The summed E-state index contributed by atoms with van der Waals surface area (Å²) in [6.45, 7) is -0.651. The van der Waals surface area contributed by atoms with E-state index >= 15 is 0 Å². The first-order valence-electron chi connectivity index (χ1n) is 6.20. The van der Waals surface area contributed by atoms with Crippen molar-refractivity contribution in [3.05, 3.63) is 35.5 Å². The van der Waals surface area contributed by atoms with Crippen molar-refractivity contribution in [2.24, 2.45) is 5.16 Å². The second-order valence-corrected chi connectivity index (χ2v) is 4.41. The number of carboxylic acid groups (broad SMARTS) is 1. The van der Waals surface area contributed by atoms with E-state index in [9.17, 15) is 9.90 Å². The van der Waals surface area contributed by atoms with Gasteiger partial charge in [-0.2, -0.15) is 0 Å². The van der Waals surface area contributed by atoms with Gasteiger partial charge in [0.1, 0.15) is 17.1 Å². The van der Waals surface area contributed by atoms with E-state index in [2.05, 4.69) is 30.8 Å².